The van der Waals surface area contributed by atoms with Crippen LogP contribution in [0.15, 0.2) is 18.2 Å². The van der Waals surface area contributed by atoms with Gasteiger partial charge in [0.1, 0.15) is 6.67 Å². The Labute approximate surface area is 89.0 Å². The van der Waals surface area contributed by atoms with Gasteiger partial charge in [0.25, 0.3) is 0 Å². The van der Waals surface area contributed by atoms with Crippen LogP contribution in [0.3, 0.4) is 0 Å². The number of hydrogen-bond donors (Lipinski definition) is 1. The molecule has 1 atom stereocenters. The fraction of sp³-hybridized carbons (Fsp3) is 0.455. The average Bonchev–Trinajstić information content (AvgIpc) is 2.28. The van der Waals surface area contributed by atoms with E-state index in [0.717, 1.165) is 0 Å². The monoisotopic (exact) mass is 213 g/mol. The van der Waals surface area contributed by atoms with Gasteiger partial charge in [0.15, 0.2) is 11.5 Å². The first-order valence-corrected chi connectivity index (χ1v) is 4.85. The third-order valence-corrected chi connectivity index (χ3v) is 2.08. The number of methoxy groups -OCH3 is 1. The van der Waals surface area contributed by atoms with Crippen molar-refractivity contribution in [1.82, 2.24) is 0 Å². The summed E-state index contributed by atoms with van der Waals surface area (Å²) in [6.07, 6.45) is 0. The summed E-state index contributed by atoms with van der Waals surface area (Å²) in [6.45, 7) is 1.82. The molecule has 1 aromatic rings. The minimum Gasteiger partial charge on any atom is -0.493 e. The van der Waals surface area contributed by atoms with E-state index in [2.05, 4.69) is 0 Å². The topological polar surface area (TPSA) is 44.5 Å². The van der Waals surface area contributed by atoms with E-state index in [1.54, 1.807) is 25.3 Å². The molecule has 2 N–H and O–H groups in total. The van der Waals surface area contributed by atoms with Gasteiger partial charge >= 0.3 is 0 Å². The lowest BCUT2D eigenvalue weighted by atomic mass is 10.1. The number of hydrogen-bond acceptors (Lipinski definition) is 3. The molecule has 0 spiro atoms. The second kappa shape index (κ2) is 5.56. The van der Waals surface area contributed by atoms with Gasteiger partial charge in [-0.05, 0) is 24.6 Å². The Hall–Kier alpha value is -1.29. The molecule has 15 heavy (non-hydrogen) atoms. The first-order chi connectivity index (χ1) is 7.22. The quantitative estimate of drug-likeness (QED) is 0.814. The fourth-order valence-corrected chi connectivity index (χ4v) is 1.28. The smallest absolute Gasteiger partial charge is 0.161 e. The summed E-state index contributed by atoms with van der Waals surface area (Å²) in [5.41, 5.74) is 6.29. The van der Waals surface area contributed by atoms with Crippen molar-refractivity contribution >= 4 is 0 Å². The van der Waals surface area contributed by atoms with Crippen LogP contribution in [0.2, 0.25) is 0 Å². The van der Waals surface area contributed by atoms with Crippen LogP contribution in [0.25, 0.3) is 0 Å². The lowest BCUT2D eigenvalue weighted by molar-refractivity contribution is 0.310. The second-order valence-corrected chi connectivity index (χ2v) is 3.10. The second-order valence-electron chi connectivity index (χ2n) is 3.10. The molecule has 4 heteroatoms. The van der Waals surface area contributed by atoms with Crippen molar-refractivity contribution in [3.05, 3.63) is 23.8 Å². The number of nitrogens with two attached hydrogens (primary N) is 1. The summed E-state index contributed by atoms with van der Waals surface area (Å²) in [7, 11) is 1.56. The van der Waals surface area contributed by atoms with Crippen molar-refractivity contribution in [3.8, 4) is 11.5 Å². The summed E-state index contributed by atoms with van der Waals surface area (Å²) in [5.74, 6) is 1.23. The van der Waals surface area contributed by atoms with E-state index in [-0.39, 0.29) is 0 Å². The fourth-order valence-electron chi connectivity index (χ4n) is 1.28. The SMILES string of the molecule is CCOc1cc([C@H](N)CF)ccc1OC. The summed E-state index contributed by atoms with van der Waals surface area (Å²) < 4.78 is 22.8. The summed E-state index contributed by atoms with van der Waals surface area (Å²) >= 11 is 0. The van der Waals surface area contributed by atoms with Crippen LogP contribution in [-0.2, 0) is 0 Å². The zero-order chi connectivity index (χ0) is 11.3. The maximum Gasteiger partial charge on any atom is 0.161 e. The van der Waals surface area contributed by atoms with E-state index in [9.17, 15) is 4.39 Å². The minimum absolute atomic E-state index is 0.532. The van der Waals surface area contributed by atoms with Crippen LogP contribution in [0, 0.1) is 0 Å². The van der Waals surface area contributed by atoms with Gasteiger partial charge in [-0.1, -0.05) is 6.07 Å². The van der Waals surface area contributed by atoms with Gasteiger partial charge in [-0.2, -0.15) is 0 Å². The maximum absolute atomic E-state index is 12.4. The van der Waals surface area contributed by atoms with E-state index in [4.69, 9.17) is 15.2 Å². The molecule has 0 saturated heterocycles. The predicted molar refractivity (Wildman–Crippen MR) is 57.1 cm³/mol. The highest BCUT2D eigenvalue weighted by Gasteiger charge is 2.10. The average molecular weight is 213 g/mol. The molecule has 1 rings (SSSR count). The highest BCUT2D eigenvalue weighted by molar-refractivity contribution is 5.43. The highest BCUT2D eigenvalue weighted by Crippen LogP contribution is 2.29. The van der Waals surface area contributed by atoms with Crippen LogP contribution < -0.4 is 15.2 Å². The normalized spacial score (nSPS) is 12.3. The van der Waals surface area contributed by atoms with Crippen molar-refractivity contribution in [2.45, 2.75) is 13.0 Å². The molecule has 0 heterocycles. The molecular formula is C11H16FNO2. The van der Waals surface area contributed by atoms with E-state index in [1.807, 2.05) is 6.92 Å². The number of alkyl halides is 1. The molecule has 0 radical (unpaired) electrons. The van der Waals surface area contributed by atoms with Crippen LogP contribution in [-0.4, -0.2) is 20.4 Å². The van der Waals surface area contributed by atoms with E-state index in [0.29, 0.717) is 23.7 Å². The molecule has 0 aromatic heterocycles. The van der Waals surface area contributed by atoms with Gasteiger partial charge in [-0.15, -0.1) is 0 Å². The molecule has 0 saturated carbocycles. The van der Waals surface area contributed by atoms with Gasteiger partial charge in [0, 0.05) is 0 Å². The van der Waals surface area contributed by atoms with Crippen molar-refractivity contribution < 1.29 is 13.9 Å². The molecule has 0 fully saturated rings. The Morgan fingerprint density at radius 3 is 2.67 bits per heavy atom. The molecule has 3 nitrogen and oxygen atoms in total. The maximum atomic E-state index is 12.4. The molecule has 0 aliphatic carbocycles. The summed E-state index contributed by atoms with van der Waals surface area (Å²) in [6, 6.07) is 4.59. The van der Waals surface area contributed by atoms with Crippen LogP contribution in [0.5, 0.6) is 11.5 Å². The molecule has 0 aliphatic rings. The molecule has 1 aromatic carbocycles. The third-order valence-electron chi connectivity index (χ3n) is 2.08. The van der Waals surface area contributed by atoms with Crippen molar-refractivity contribution in [1.29, 1.82) is 0 Å². The number of halogens is 1. The Bertz CT molecular complexity index is 317. The Balaban J connectivity index is 2.98. The molecular weight excluding hydrogens is 197 g/mol. The van der Waals surface area contributed by atoms with Crippen molar-refractivity contribution in [3.63, 3.8) is 0 Å². The summed E-state index contributed by atoms with van der Waals surface area (Å²) in [4.78, 5) is 0. The van der Waals surface area contributed by atoms with E-state index >= 15 is 0 Å². The largest absolute Gasteiger partial charge is 0.493 e. The van der Waals surface area contributed by atoms with Crippen LogP contribution in [0.1, 0.15) is 18.5 Å². The van der Waals surface area contributed by atoms with Crippen LogP contribution in [0.4, 0.5) is 4.39 Å². The van der Waals surface area contributed by atoms with Crippen molar-refractivity contribution in [2.75, 3.05) is 20.4 Å². The molecule has 84 valence electrons. The summed E-state index contributed by atoms with van der Waals surface area (Å²) in [5, 5.41) is 0. The molecule has 0 unspecified atom stereocenters. The molecule has 0 amide bonds. The number of benzene rings is 1. The van der Waals surface area contributed by atoms with Gasteiger partial charge in [0.2, 0.25) is 0 Å². The lowest BCUT2D eigenvalue weighted by Gasteiger charge is -2.13. The van der Waals surface area contributed by atoms with Gasteiger partial charge in [0.05, 0.1) is 19.8 Å². The first-order valence-electron chi connectivity index (χ1n) is 4.85. The minimum atomic E-state index is -0.602. The number of rotatable bonds is 5. The van der Waals surface area contributed by atoms with Gasteiger partial charge in [-0.3, -0.25) is 0 Å². The number of ether oxygens (including phenoxy) is 2. The standard InChI is InChI=1S/C11H16FNO2/c1-3-15-11-6-8(9(13)7-12)4-5-10(11)14-2/h4-6,9H,3,7,13H2,1-2H3/t9-/m1/s1. The Morgan fingerprint density at radius 2 is 2.13 bits per heavy atom. The molecule has 0 aliphatic heterocycles. The Kier molecular flexibility index (Phi) is 4.37. The van der Waals surface area contributed by atoms with Crippen LogP contribution >= 0.6 is 0 Å². The predicted octanol–water partition coefficient (Wildman–Crippen LogP) is 2.06. The highest BCUT2D eigenvalue weighted by atomic mass is 19.1. The zero-order valence-corrected chi connectivity index (χ0v) is 9.00. The van der Waals surface area contributed by atoms with E-state index in [1.165, 1.54) is 0 Å². The first kappa shape index (κ1) is 11.8. The Morgan fingerprint density at radius 1 is 1.40 bits per heavy atom. The molecule has 0 bridgehead atoms. The van der Waals surface area contributed by atoms with Crippen molar-refractivity contribution in [2.24, 2.45) is 5.73 Å². The van der Waals surface area contributed by atoms with E-state index < -0.39 is 12.7 Å². The van der Waals surface area contributed by atoms with Gasteiger partial charge < -0.3 is 15.2 Å². The van der Waals surface area contributed by atoms with Gasteiger partial charge in [-0.25, -0.2) is 4.39 Å². The zero-order valence-electron chi connectivity index (χ0n) is 9.00. The lowest BCUT2D eigenvalue weighted by Crippen LogP contribution is -2.12. The third kappa shape index (κ3) is 2.83.